The van der Waals surface area contributed by atoms with E-state index < -0.39 is 0 Å². The lowest BCUT2D eigenvalue weighted by atomic mass is 9.90. The van der Waals surface area contributed by atoms with E-state index in [2.05, 4.69) is 11.9 Å². The Morgan fingerprint density at radius 2 is 1.87 bits per heavy atom. The fourth-order valence-electron chi connectivity index (χ4n) is 3.94. The minimum absolute atomic E-state index is 0. The Labute approximate surface area is 195 Å². The van der Waals surface area contributed by atoms with Gasteiger partial charge in [-0.25, -0.2) is 4.98 Å². The van der Waals surface area contributed by atoms with E-state index in [1.54, 1.807) is 0 Å². The van der Waals surface area contributed by atoms with Crippen LogP contribution in [0.3, 0.4) is 0 Å². The minimum Gasteiger partial charge on any atom is -0.486 e. The molecule has 1 amide bonds. The summed E-state index contributed by atoms with van der Waals surface area (Å²) in [5, 5.41) is 0. The van der Waals surface area contributed by atoms with Crippen LogP contribution in [0.2, 0.25) is 0 Å². The molecule has 168 valence electrons. The number of likely N-dealkylation sites (tertiary alicyclic amines) is 1. The van der Waals surface area contributed by atoms with Crippen molar-refractivity contribution in [3.63, 3.8) is 0 Å². The summed E-state index contributed by atoms with van der Waals surface area (Å²) in [6.45, 7) is 5.90. The molecule has 8 heteroatoms. The van der Waals surface area contributed by atoms with Crippen molar-refractivity contribution in [2.75, 3.05) is 13.1 Å². The molecule has 31 heavy (non-hydrogen) atoms. The molecule has 6 nitrogen and oxygen atoms in total. The molecule has 1 atom stereocenters. The highest BCUT2D eigenvalue weighted by Crippen LogP contribution is 2.25. The fourth-order valence-corrected chi connectivity index (χ4v) is 3.94. The second-order valence-electron chi connectivity index (χ2n) is 7.98. The Balaban J connectivity index is 0.00000171. The van der Waals surface area contributed by atoms with Crippen LogP contribution in [-0.2, 0) is 6.61 Å². The smallest absolute Gasteiger partial charge is 0.257 e. The Bertz CT molecular complexity index is 1010. The monoisotopic (exact) mass is 464 g/mol. The Morgan fingerprint density at radius 1 is 1.16 bits per heavy atom. The molecule has 0 spiro atoms. The van der Waals surface area contributed by atoms with Crippen LogP contribution < -0.4 is 10.5 Å². The van der Waals surface area contributed by atoms with E-state index in [1.807, 2.05) is 65.0 Å². The lowest BCUT2D eigenvalue weighted by Crippen LogP contribution is -2.42. The molecular formula is C23H30Cl2N4O2. The van der Waals surface area contributed by atoms with Gasteiger partial charge in [0, 0.05) is 31.5 Å². The van der Waals surface area contributed by atoms with Gasteiger partial charge in [0.05, 0.1) is 11.3 Å². The molecule has 0 radical (unpaired) electrons. The van der Waals surface area contributed by atoms with Crippen molar-refractivity contribution in [1.82, 2.24) is 14.3 Å². The van der Waals surface area contributed by atoms with Gasteiger partial charge in [0.2, 0.25) is 0 Å². The molecule has 1 aliphatic rings. The number of para-hydroxylation sites is 1. The van der Waals surface area contributed by atoms with Crippen LogP contribution >= 0.6 is 24.8 Å². The van der Waals surface area contributed by atoms with E-state index in [1.165, 1.54) is 5.56 Å². The van der Waals surface area contributed by atoms with Crippen LogP contribution in [0.4, 0.5) is 0 Å². The molecule has 0 saturated carbocycles. The van der Waals surface area contributed by atoms with Crippen molar-refractivity contribution in [3.8, 4) is 5.75 Å². The van der Waals surface area contributed by atoms with Gasteiger partial charge in [-0.3, -0.25) is 4.79 Å². The predicted octanol–water partition coefficient (Wildman–Crippen LogP) is 4.26. The normalized spacial score (nSPS) is 15.1. The van der Waals surface area contributed by atoms with E-state index in [0.717, 1.165) is 37.3 Å². The number of aromatic nitrogens is 2. The van der Waals surface area contributed by atoms with Gasteiger partial charge >= 0.3 is 0 Å². The zero-order chi connectivity index (χ0) is 20.4. The van der Waals surface area contributed by atoms with Crippen molar-refractivity contribution in [2.45, 2.75) is 39.3 Å². The van der Waals surface area contributed by atoms with Crippen molar-refractivity contribution in [2.24, 2.45) is 11.7 Å². The van der Waals surface area contributed by atoms with Crippen molar-refractivity contribution < 1.29 is 9.53 Å². The molecule has 3 aromatic rings. The average Bonchev–Trinajstić information content (AvgIpc) is 3.14. The number of pyridine rings is 1. The van der Waals surface area contributed by atoms with E-state index in [4.69, 9.17) is 10.5 Å². The molecule has 1 aliphatic heterocycles. The lowest BCUT2D eigenvalue weighted by molar-refractivity contribution is 0.0676. The number of benzene rings is 1. The van der Waals surface area contributed by atoms with Crippen LogP contribution in [0, 0.1) is 12.8 Å². The van der Waals surface area contributed by atoms with Crippen molar-refractivity contribution in [1.29, 1.82) is 0 Å². The summed E-state index contributed by atoms with van der Waals surface area (Å²) in [7, 11) is 0. The summed E-state index contributed by atoms with van der Waals surface area (Å²) < 4.78 is 8.00. The second-order valence-corrected chi connectivity index (χ2v) is 7.98. The number of piperidine rings is 1. The third-order valence-electron chi connectivity index (χ3n) is 5.71. The summed E-state index contributed by atoms with van der Waals surface area (Å²) >= 11 is 0. The highest BCUT2D eigenvalue weighted by Gasteiger charge is 2.26. The third kappa shape index (κ3) is 5.70. The maximum Gasteiger partial charge on any atom is 0.257 e. The zero-order valence-electron chi connectivity index (χ0n) is 17.9. The van der Waals surface area contributed by atoms with Gasteiger partial charge in [0.25, 0.3) is 5.91 Å². The first-order valence-corrected chi connectivity index (χ1v) is 10.2. The molecule has 2 N–H and O–H groups in total. The maximum atomic E-state index is 13.1. The Kier molecular flexibility index (Phi) is 8.74. The van der Waals surface area contributed by atoms with Gasteiger partial charge in [-0.05, 0) is 56.4 Å². The molecule has 1 saturated heterocycles. The quantitative estimate of drug-likeness (QED) is 0.611. The molecule has 3 heterocycles. The summed E-state index contributed by atoms with van der Waals surface area (Å²) in [5.74, 6) is 1.11. The van der Waals surface area contributed by atoms with Crippen molar-refractivity contribution in [3.05, 3.63) is 65.6 Å². The molecule has 1 fully saturated rings. The molecule has 0 bridgehead atoms. The number of hydrogen-bond acceptors (Lipinski definition) is 4. The van der Waals surface area contributed by atoms with Gasteiger partial charge in [0.1, 0.15) is 18.0 Å². The first-order valence-electron chi connectivity index (χ1n) is 10.2. The number of nitrogens with two attached hydrogens (primary N) is 1. The van der Waals surface area contributed by atoms with Crippen LogP contribution in [0.15, 0.2) is 48.8 Å². The number of hydrogen-bond donors (Lipinski definition) is 1. The predicted molar refractivity (Wildman–Crippen MR) is 127 cm³/mol. The SMILES string of the molecule is Cc1ccc2nc(COc3ccccc3C(=O)N3CCC(C(C)N)CC3)cn2c1.Cl.Cl. The number of rotatable bonds is 5. The number of carbonyl (C=O) groups excluding carboxylic acids is 1. The molecule has 1 unspecified atom stereocenters. The molecule has 1 aromatic carbocycles. The standard InChI is InChI=1S/C23H28N4O2.2ClH/c1-16-7-8-22-25-19(14-27(22)13-16)15-29-21-6-4-3-5-20(21)23(28)26-11-9-18(10-12-26)17(2)24;;/h3-8,13-14,17-18H,9-12,15,24H2,1-2H3;2*1H. The topological polar surface area (TPSA) is 72.9 Å². The molecule has 0 aliphatic carbocycles. The zero-order valence-corrected chi connectivity index (χ0v) is 19.5. The Hall–Kier alpha value is -2.28. The summed E-state index contributed by atoms with van der Waals surface area (Å²) in [4.78, 5) is 19.6. The number of fused-ring (bicyclic) bond motifs is 1. The van der Waals surface area contributed by atoms with E-state index in [0.29, 0.717) is 23.8 Å². The second kappa shape index (κ2) is 10.8. The van der Waals surface area contributed by atoms with E-state index in [-0.39, 0.29) is 36.8 Å². The highest BCUT2D eigenvalue weighted by molar-refractivity contribution is 5.97. The van der Waals surface area contributed by atoms with E-state index >= 15 is 0 Å². The number of nitrogens with zero attached hydrogens (tertiary/aromatic N) is 3. The number of aryl methyl sites for hydroxylation is 1. The van der Waals surface area contributed by atoms with Crippen LogP contribution in [0.1, 0.15) is 41.4 Å². The number of halogens is 2. The van der Waals surface area contributed by atoms with Crippen LogP contribution in [0.5, 0.6) is 5.75 Å². The maximum absolute atomic E-state index is 13.1. The average molecular weight is 465 g/mol. The van der Waals surface area contributed by atoms with Crippen molar-refractivity contribution >= 4 is 36.4 Å². The molecular weight excluding hydrogens is 435 g/mol. The first kappa shape index (κ1) is 25.0. The Morgan fingerprint density at radius 3 is 2.58 bits per heavy atom. The van der Waals surface area contributed by atoms with Crippen LogP contribution in [-0.4, -0.2) is 39.3 Å². The van der Waals surface area contributed by atoms with Gasteiger partial charge < -0.3 is 19.8 Å². The fraction of sp³-hybridized carbons (Fsp3) is 0.391. The first-order chi connectivity index (χ1) is 14.0. The van der Waals surface area contributed by atoms with Gasteiger partial charge in [-0.2, -0.15) is 0 Å². The van der Waals surface area contributed by atoms with Gasteiger partial charge in [-0.1, -0.05) is 18.2 Å². The van der Waals surface area contributed by atoms with Gasteiger partial charge in [0.15, 0.2) is 0 Å². The number of carbonyl (C=O) groups is 1. The lowest BCUT2D eigenvalue weighted by Gasteiger charge is -2.34. The number of amides is 1. The molecule has 2 aromatic heterocycles. The van der Waals surface area contributed by atoms with E-state index in [9.17, 15) is 4.79 Å². The van der Waals surface area contributed by atoms with Gasteiger partial charge in [-0.15, -0.1) is 24.8 Å². The number of ether oxygens (including phenoxy) is 1. The largest absolute Gasteiger partial charge is 0.486 e. The summed E-state index contributed by atoms with van der Waals surface area (Å²) in [6.07, 6.45) is 5.90. The minimum atomic E-state index is 0. The number of imidazole rings is 1. The summed E-state index contributed by atoms with van der Waals surface area (Å²) in [6, 6.07) is 11.7. The summed E-state index contributed by atoms with van der Waals surface area (Å²) in [5.41, 5.74) is 9.51. The third-order valence-corrected chi connectivity index (χ3v) is 5.71. The highest BCUT2D eigenvalue weighted by atomic mass is 35.5. The van der Waals surface area contributed by atoms with Crippen LogP contribution in [0.25, 0.3) is 5.65 Å². The molecule has 4 rings (SSSR count).